The third kappa shape index (κ3) is 4.04. The van der Waals surface area contributed by atoms with Crippen molar-refractivity contribution < 1.29 is 9.74 Å². The Hall–Kier alpha value is -3.26. The predicted molar refractivity (Wildman–Crippen MR) is 117 cm³/mol. The second-order valence-electron chi connectivity index (χ2n) is 7.83. The molecular weight excluding hydrogens is 378 g/mol. The Morgan fingerprint density at radius 2 is 1.93 bits per heavy atom. The van der Waals surface area contributed by atoms with Gasteiger partial charge in [-0.3, -0.25) is 0 Å². The Morgan fingerprint density at radius 3 is 2.70 bits per heavy atom. The molecule has 156 valence electrons. The van der Waals surface area contributed by atoms with Crippen molar-refractivity contribution >= 4 is 22.9 Å². The van der Waals surface area contributed by atoms with E-state index in [9.17, 15) is 0 Å². The highest BCUT2D eigenvalue weighted by Crippen LogP contribution is 2.27. The topological polar surface area (TPSA) is 74.0 Å². The summed E-state index contributed by atoms with van der Waals surface area (Å²) in [5.41, 5.74) is 5.18. The Balaban J connectivity index is 1.56. The molecule has 1 aromatic carbocycles. The van der Waals surface area contributed by atoms with Crippen molar-refractivity contribution in [3.8, 4) is 0 Å². The van der Waals surface area contributed by atoms with Gasteiger partial charge in [0.1, 0.15) is 12.0 Å². The quantitative estimate of drug-likeness (QED) is 0.358. The first-order chi connectivity index (χ1) is 14.5. The zero-order valence-corrected chi connectivity index (χ0v) is 18.0. The first-order valence-electron chi connectivity index (χ1n) is 10.2. The molecule has 0 atom stereocenters. The second kappa shape index (κ2) is 8.62. The maximum atomic E-state index is 5.40. The van der Waals surface area contributed by atoms with Crippen LogP contribution in [0.3, 0.4) is 0 Å². The summed E-state index contributed by atoms with van der Waals surface area (Å²) < 4.78 is 4.02. The molecule has 0 aliphatic carbocycles. The lowest BCUT2D eigenvalue weighted by atomic mass is 10.2. The van der Waals surface area contributed by atoms with Gasteiger partial charge < -0.3 is 14.3 Å². The van der Waals surface area contributed by atoms with E-state index in [-0.39, 0.29) is 6.61 Å². The van der Waals surface area contributed by atoms with Gasteiger partial charge in [-0.15, -0.1) is 5.10 Å². The minimum absolute atomic E-state index is 0.205. The van der Waals surface area contributed by atoms with Crippen molar-refractivity contribution in [2.24, 2.45) is 5.16 Å². The molecule has 0 fully saturated rings. The normalized spacial score (nSPS) is 12.0. The van der Waals surface area contributed by atoms with Crippen molar-refractivity contribution in [1.29, 1.82) is 0 Å². The fourth-order valence-electron chi connectivity index (χ4n) is 3.63. The molecule has 8 nitrogen and oxygen atoms in total. The number of rotatable bonds is 8. The summed E-state index contributed by atoms with van der Waals surface area (Å²) in [6, 6.07) is 9.82. The lowest BCUT2D eigenvalue weighted by Crippen LogP contribution is -3.05. The molecule has 0 unspecified atom stereocenters. The van der Waals surface area contributed by atoms with E-state index in [0.29, 0.717) is 5.82 Å². The number of oxime groups is 1. The van der Waals surface area contributed by atoms with Crippen LogP contribution in [0.1, 0.15) is 29.1 Å². The molecule has 0 saturated heterocycles. The Labute approximate surface area is 175 Å². The van der Waals surface area contributed by atoms with E-state index in [4.69, 9.17) is 9.82 Å². The van der Waals surface area contributed by atoms with Crippen LogP contribution in [0.4, 0.5) is 0 Å². The van der Waals surface area contributed by atoms with Crippen LogP contribution in [0.25, 0.3) is 16.7 Å². The van der Waals surface area contributed by atoms with Gasteiger partial charge in [-0.25, -0.2) is 14.5 Å². The molecule has 3 heterocycles. The molecule has 0 bridgehead atoms. The first-order valence-corrected chi connectivity index (χ1v) is 10.2. The molecule has 0 aliphatic rings. The molecule has 3 aromatic heterocycles. The molecule has 30 heavy (non-hydrogen) atoms. The zero-order chi connectivity index (χ0) is 21.1. The van der Waals surface area contributed by atoms with Gasteiger partial charge in [0.15, 0.2) is 18.1 Å². The number of hydrogen-bond donors (Lipinski definition) is 1. The summed E-state index contributed by atoms with van der Waals surface area (Å²) in [6.07, 6.45) is 4.51. The van der Waals surface area contributed by atoms with Gasteiger partial charge in [0, 0.05) is 18.7 Å². The maximum absolute atomic E-state index is 5.40. The summed E-state index contributed by atoms with van der Waals surface area (Å²) >= 11 is 0. The van der Waals surface area contributed by atoms with Gasteiger partial charge >= 0.3 is 0 Å². The number of benzene rings is 1. The largest absolute Gasteiger partial charge is 0.387 e. The number of fused-ring (bicyclic) bond motifs is 3. The van der Waals surface area contributed by atoms with Crippen molar-refractivity contribution in [2.45, 2.75) is 33.4 Å². The van der Waals surface area contributed by atoms with E-state index in [1.54, 1.807) is 17.1 Å². The highest BCUT2D eigenvalue weighted by atomic mass is 16.6. The van der Waals surface area contributed by atoms with Crippen LogP contribution in [0.5, 0.6) is 0 Å². The monoisotopic (exact) mass is 406 g/mol. The molecular formula is C22H28N7O+. The number of nitrogens with zero attached hydrogens (tertiary/aromatic N) is 6. The third-order valence-corrected chi connectivity index (χ3v) is 5.32. The molecule has 1 N–H and O–H groups in total. The Bertz CT molecular complexity index is 1170. The van der Waals surface area contributed by atoms with Gasteiger partial charge in [0.25, 0.3) is 0 Å². The number of quaternary nitrogens is 1. The van der Waals surface area contributed by atoms with E-state index >= 15 is 0 Å². The summed E-state index contributed by atoms with van der Waals surface area (Å²) in [5, 5.41) is 9.58. The van der Waals surface area contributed by atoms with Gasteiger partial charge in [-0.2, -0.15) is 0 Å². The maximum Gasteiger partial charge on any atom is 0.192 e. The standard InChI is InChI=1S/C22H27N7O/c1-16-17(2)28(12-8-11-27(3)4)21-20(16)22-25-19(26-29(22)15-23-21)14-30-24-13-18-9-6-5-7-10-18/h5-7,9-10,13,15H,8,11-12,14H2,1-4H3/p+1/b24-13-. The smallest absolute Gasteiger partial charge is 0.192 e. The van der Waals surface area contributed by atoms with Crippen molar-refractivity contribution in [2.75, 3.05) is 20.6 Å². The van der Waals surface area contributed by atoms with Crippen LogP contribution in [-0.2, 0) is 18.0 Å². The van der Waals surface area contributed by atoms with Crippen molar-refractivity contribution in [1.82, 2.24) is 24.1 Å². The first kappa shape index (κ1) is 20.0. The van der Waals surface area contributed by atoms with E-state index in [1.165, 1.54) is 16.2 Å². The molecule has 0 spiro atoms. The Morgan fingerprint density at radius 1 is 1.13 bits per heavy atom. The van der Waals surface area contributed by atoms with Crippen LogP contribution in [0, 0.1) is 13.8 Å². The zero-order valence-electron chi connectivity index (χ0n) is 18.0. The fourth-order valence-corrected chi connectivity index (χ4v) is 3.63. The minimum atomic E-state index is 0.205. The second-order valence-corrected chi connectivity index (χ2v) is 7.83. The third-order valence-electron chi connectivity index (χ3n) is 5.32. The molecule has 4 rings (SSSR count). The SMILES string of the molecule is Cc1c(C)n(CCC[NH+](C)C)c2ncn3nc(CO/N=C\c4ccccc4)nc3c12. The van der Waals surface area contributed by atoms with Gasteiger partial charge in [0.05, 0.1) is 32.2 Å². The van der Waals surface area contributed by atoms with E-state index < -0.39 is 0 Å². The highest BCUT2D eigenvalue weighted by molar-refractivity contribution is 5.93. The van der Waals surface area contributed by atoms with E-state index in [1.807, 2.05) is 30.3 Å². The van der Waals surface area contributed by atoms with Crippen LogP contribution in [0.15, 0.2) is 41.8 Å². The summed E-state index contributed by atoms with van der Waals surface area (Å²) in [6.45, 7) is 6.55. The lowest BCUT2D eigenvalue weighted by molar-refractivity contribution is -0.858. The number of nitrogens with one attached hydrogen (secondary N) is 1. The van der Waals surface area contributed by atoms with Gasteiger partial charge in [-0.1, -0.05) is 35.5 Å². The molecule has 0 radical (unpaired) electrons. The number of aryl methyl sites for hydroxylation is 2. The van der Waals surface area contributed by atoms with Gasteiger partial charge in [0.2, 0.25) is 0 Å². The average Bonchev–Trinajstić information content (AvgIpc) is 3.26. The molecule has 4 aromatic rings. The van der Waals surface area contributed by atoms with Crippen LogP contribution in [-0.4, -0.2) is 51.0 Å². The summed E-state index contributed by atoms with van der Waals surface area (Å²) in [5.74, 6) is 0.579. The van der Waals surface area contributed by atoms with Gasteiger partial charge in [-0.05, 0) is 25.0 Å². The van der Waals surface area contributed by atoms with Crippen molar-refractivity contribution in [3.63, 3.8) is 0 Å². The molecule has 8 heteroatoms. The Kier molecular flexibility index (Phi) is 5.76. The van der Waals surface area contributed by atoms with Crippen molar-refractivity contribution in [3.05, 3.63) is 59.3 Å². The fraction of sp³-hybridized carbons (Fsp3) is 0.364. The number of hydrogen-bond acceptors (Lipinski definition) is 5. The minimum Gasteiger partial charge on any atom is -0.387 e. The van der Waals surface area contributed by atoms with E-state index in [0.717, 1.165) is 41.8 Å². The van der Waals surface area contributed by atoms with E-state index in [2.05, 4.69) is 47.7 Å². The molecule has 0 amide bonds. The lowest BCUT2D eigenvalue weighted by Gasteiger charge is -2.10. The highest BCUT2D eigenvalue weighted by Gasteiger charge is 2.18. The number of aromatic nitrogens is 5. The predicted octanol–water partition coefficient (Wildman–Crippen LogP) is 1.78. The molecule has 0 aliphatic heterocycles. The summed E-state index contributed by atoms with van der Waals surface area (Å²) in [4.78, 5) is 16.2. The van der Waals surface area contributed by atoms with Crippen LogP contribution >= 0.6 is 0 Å². The van der Waals surface area contributed by atoms with Crippen LogP contribution in [0.2, 0.25) is 0 Å². The summed E-state index contributed by atoms with van der Waals surface area (Å²) in [7, 11) is 4.36. The van der Waals surface area contributed by atoms with Crippen LogP contribution < -0.4 is 4.90 Å². The molecule has 0 saturated carbocycles. The average molecular weight is 407 g/mol.